The quantitative estimate of drug-likeness (QED) is 0.861. The van der Waals surface area contributed by atoms with Crippen LogP contribution < -0.4 is 10.1 Å². The first kappa shape index (κ1) is 15.9. The van der Waals surface area contributed by atoms with Gasteiger partial charge in [0.1, 0.15) is 17.4 Å². The van der Waals surface area contributed by atoms with Gasteiger partial charge in [-0.15, -0.1) is 0 Å². The van der Waals surface area contributed by atoms with Crippen molar-refractivity contribution < 1.29 is 13.5 Å². The Morgan fingerprint density at radius 1 is 1.24 bits per heavy atom. The molecule has 21 heavy (non-hydrogen) atoms. The normalized spacial score (nSPS) is 11.0. The van der Waals surface area contributed by atoms with Crippen LogP contribution in [0.4, 0.5) is 8.78 Å². The van der Waals surface area contributed by atoms with E-state index < -0.39 is 5.82 Å². The fraction of sp³-hybridized carbons (Fsp3) is 0.267. The van der Waals surface area contributed by atoms with Crippen molar-refractivity contribution in [2.24, 2.45) is 0 Å². The molecule has 0 fully saturated rings. The third-order valence-corrected chi connectivity index (χ3v) is 3.31. The number of nitrogens with zero attached hydrogens (tertiary/aromatic N) is 1. The summed E-state index contributed by atoms with van der Waals surface area (Å²) in [5, 5.41) is 3.18. The number of halogens is 3. The Morgan fingerprint density at radius 3 is 2.67 bits per heavy atom. The number of pyridine rings is 1. The zero-order chi connectivity index (χ0) is 15.4. The van der Waals surface area contributed by atoms with Crippen LogP contribution in [0.25, 0.3) is 0 Å². The number of hydrogen-bond donors (Lipinski definition) is 1. The number of nitrogens with one attached hydrogen (secondary N) is 1. The molecular weight excluding hydrogens is 342 g/mol. The van der Waals surface area contributed by atoms with Crippen molar-refractivity contribution in [3.63, 3.8) is 0 Å². The highest BCUT2D eigenvalue weighted by atomic mass is 79.9. The summed E-state index contributed by atoms with van der Waals surface area (Å²) >= 11 is 3.22. The molecule has 0 atom stereocenters. The van der Waals surface area contributed by atoms with Crippen LogP contribution in [0, 0.1) is 11.6 Å². The first-order valence-electron chi connectivity index (χ1n) is 6.46. The van der Waals surface area contributed by atoms with E-state index in [0.29, 0.717) is 22.3 Å². The maximum absolute atomic E-state index is 13.3. The minimum Gasteiger partial charge on any atom is -0.438 e. The monoisotopic (exact) mass is 356 g/mol. The van der Waals surface area contributed by atoms with E-state index in [4.69, 9.17) is 4.74 Å². The summed E-state index contributed by atoms with van der Waals surface area (Å²) in [5.41, 5.74) is 0.597. The molecule has 0 bridgehead atoms. The third-order valence-electron chi connectivity index (χ3n) is 2.69. The summed E-state index contributed by atoms with van der Waals surface area (Å²) in [5.74, 6) is -0.0952. The van der Waals surface area contributed by atoms with Crippen molar-refractivity contribution in [3.8, 4) is 11.6 Å². The average Bonchev–Trinajstić information content (AvgIpc) is 2.41. The fourth-order valence-corrected chi connectivity index (χ4v) is 2.10. The molecule has 0 saturated carbocycles. The highest BCUT2D eigenvalue weighted by Gasteiger charge is 2.11. The van der Waals surface area contributed by atoms with E-state index in [1.54, 1.807) is 0 Å². The molecule has 0 amide bonds. The largest absolute Gasteiger partial charge is 0.438 e. The Hall–Kier alpha value is -1.53. The standard InChI is InChI=1S/C15H15BrF2N2O/c1-9(2)19-7-10-5-12(18)8-20-15(10)21-14-4-3-11(17)6-13(14)16/h3-6,8-9,19H,7H2,1-2H3. The van der Waals surface area contributed by atoms with Crippen LogP contribution in [0.3, 0.4) is 0 Å². The number of hydrogen-bond acceptors (Lipinski definition) is 3. The summed E-state index contributed by atoms with van der Waals surface area (Å²) < 4.78 is 32.5. The van der Waals surface area contributed by atoms with Crippen LogP contribution in [-0.2, 0) is 6.54 Å². The predicted molar refractivity (Wildman–Crippen MR) is 80.3 cm³/mol. The van der Waals surface area contributed by atoms with Gasteiger partial charge in [0, 0.05) is 18.2 Å². The minimum absolute atomic E-state index is 0.249. The second-order valence-corrected chi connectivity index (χ2v) is 5.68. The van der Waals surface area contributed by atoms with E-state index in [1.165, 1.54) is 24.3 Å². The SMILES string of the molecule is CC(C)NCc1cc(F)cnc1Oc1ccc(F)cc1Br. The first-order valence-corrected chi connectivity index (χ1v) is 7.25. The number of rotatable bonds is 5. The van der Waals surface area contributed by atoms with Crippen LogP contribution in [0.1, 0.15) is 19.4 Å². The molecule has 1 aromatic heterocycles. The summed E-state index contributed by atoms with van der Waals surface area (Å²) in [4.78, 5) is 3.96. The van der Waals surface area contributed by atoms with Crippen LogP contribution in [-0.4, -0.2) is 11.0 Å². The number of benzene rings is 1. The maximum atomic E-state index is 13.3. The molecule has 6 heteroatoms. The van der Waals surface area contributed by atoms with Crippen molar-refractivity contribution in [3.05, 3.63) is 52.1 Å². The molecule has 1 N–H and O–H groups in total. The zero-order valence-corrected chi connectivity index (χ0v) is 13.2. The Labute approximate surface area is 130 Å². The molecule has 0 aliphatic carbocycles. The van der Waals surface area contributed by atoms with E-state index in [-0.39, 0.29) is 17.7 Å². The second-order valence-electron chi connectivity index (χ2n) is 4.83. The highest BCUT2D eigenvalue weighted by Crippen LogP contribution is 2.31. The third kappa shape index (κ3) is 4.47. The van der Waals surface area contributed by atoms with Gasteiger partial charge in [0.2, 0.25) is 5.88 Å². The van der Waals surface area contributed by atoms with Gasteiger partial charge in [-0.1, -0.05) is 13.8 Å². The van der Waals surface area contributed by atoms with Gasteiger partial charge >= 0.3 is 0 Å². The van der Waals surface area contributed by atoms with Crippen molar-refractivity contribution in [1.29, 1.82) is 0 Å². The van der Waals surface area contributed by atoms with Gasteiger partial charge in [-0.3, -0.25) is 0 Å². The Kier molecular flexibility index (Phi) is 5.25. The van der Waals surface area contributed by atoms with Crippen molar-refractivity contribution in [2.45, 2.75) is 26.4 Å². The van der Waals surface area contributed by atoms with E-state index in [1.807, 2.05) is 13.8 Å². The average molecular weight is 357 g/mol. The van der Waals surface area contributed by atoms with E-state index in [9.17, 15) is 8.78 Å². The lowest BCUT2D eigenvalue weighted by molar-refractivity contribution is 0.442. The second kappa shape index (κ2) is 6.95. The summed E-state index contributed by atoms with van der Waals surface area (Å²) in [6.07, 6.45) is 1.09. The van der Waals surface area contributed by atoms with Gasteiger partial charge in [0.25, 0.3) is 0 Å². The van der Waals surface area contributed by atoms with Gasteiger partial charge < -0.3 is 10.1 Å². The van der Waals surface area contributed by atoms with Crippen LogP contribution >= 0.6 is 15.9 Å². The Bertz CT molecular complexity index is 635. The molecule has 112 valence electrons. The minimum atomic E-state index is -0.430. The molecule has 1 heterocycles. The number of ether oxygens (including phenoxy) is 1. The molecule has 0 spiro atoms. The highest BCUT2D eigenvalue weighted by molar-refractivity contribution is 9.10. The van der Waals surface area contributed by atoms with E-state index in [0.717, 1.165) is 6.20 Å². The lowest BCUT2D eigenvalue weighted by Crippen LogP contribution is -2.22. The van der Waals surface area contributed by atoms with Crippen LogP contribution in [0.15, 0.2) is 34.9 Å². The molecule has 2 rings (SSSR count). The Balaban J connectivity index is 2.26. The molecule has 0 radical (unpaired) electrons. The molecule has 1 aromatic carbocycles. The Morgan fingerprint density at radius 2 is 2.00 bits per heavy atom. The van der Waals surface area contributed by atoms with Crippen molar-refractivity contribution in [1.82, 2.24) is 10.3 Å². The maximum Gasteiger partial charge on any atom is 0.223 e. The summed E-state index contributed by atoms with van der Waals surface area (Å²) in [7, 11) is 0. The van der Waals surface area contributed by atoms with Gasteiger partial charge in [0.05, 0.1) is 10.7 Å². The van der Waals surface area contributed by atoms with Crippen molar-refractivity contribution in [2.75, 3.05) is 0 Å². The van der Waals surface area contributed by atoms with E-state index in [2.05, 4.69) is 26.2 Å². The molecule has 0 aliphatic heterocycles. The van der Waals surface area contributed by atoms with Gasteiger partial charge in [0.15, 0.2) is 0 Å². The first-order chi connectivity index (χ1) is 9.95. The lowest BCUT2D eigenvalue weighted by atomic mass is 10.2. The topological polar surface area (TPSA) is 34.2 Å². The van der Waals surface area contributed by atoms with Gasteiger partial charge in [-0.25, -0.2) is 13.8 Å². The fourth-order valence-electron chi connectivity index (χ4n) is 1.66. The van der Waals surface area contributed by atoms with Crippen LogP contribution in [0.2, 0.25) is 0 Å². The van der Waals surface area contributed by atoms with Gasteiger partial charge in [-0.2, -0.15) is 0 Å². The van der Waals surface area contributed by atoms with Crippen LogP contribution in [0.5, 0.6) is 11.6 Å². The summed E-state index contributed by atoms with van der Waals surface area (Å²) in [6.45, 7) is 4.41. The molecule has 0 unspecified atom stereocenters. The van der Waals surface area contributed by atoms with E-state index >= 15 is 0 Å². The van der Waals surface area contributed by atoms with Crippen molar-refractivity contribution >= 4 is 15.9 Å². The molecule has 2 aromatic rings. The summed E-state index contributed by atoms with van der Waals surface area (Å²) in [6, 6.07) is 5.69. The molecular formula is C15H15BrF2N2O. The molecule has 0 saturated heterocycles. The predicted octanol–water partition coefficient (Wildman–Crippen LogP) is 4.41. The number of aromatic nitrogens is 1. The molecule has 0 aliphatic rings. The molecule has 3 nitrogen and oxygen atoms in total. The lowest BCUT2D eigenvalue weighted by Gasteiger charge is -2.13. The smallest absolute Gasteiger partial charge is 0.223 e. The zero-order valence-electron chi connectivity index (χ0n) is 11.7. The van der Waals surface area contributed by atoms with Gasteiger partial charge in [-0.05, 0) is 40.2 Å².